The van der Waals surface area contributed by atoms with Crippen LogP contribution in [-0.4, -0.2) is 28.7 Å². The summed E-state index contributed by atoms with van der Waals surface area (Å²) in [5, 5.41) is 13.3. The Labute approximate surface area is 167 Å². The quantitative estimate of drug-likeness (QED) is 0.648. The number of halogens is 3. The number of carboxylic acid groups (broad SMARTS) is 1. The van der Waals surface area contributed by atoms with Crippen molar-refractivity contribution in [3.63, 3.8) is 0 Å². The van der Waals surface area contributed by atoms with Crippen molar-refractivity contribution in [1.29, 1.82) is 0 Å². The number of aromatic carboxylic acids is 1. The third kappa shape index (κ3) is 5.07. The topological polar surface area (TPSA) is 55.1 Å². The number of benzene rings is 2. The lowest BCUT2D eigenvalue weighted by atomic mass is 9.90. The predicted molar refractivity (Wildman–Crippen MR) is 106 cm³/mol. The summed E-state index contributed by atoms with van der Waals surface area (Å²) < 4.78 is 39.8. The first-order chi connectivity index (χ1) is 13.6. The number of hydrogen-bond donors (Lipinski definition) is 1. The Morgan fingerprint density at radius 2 is 1.76 bits per heavy atom. The van der Waals surface area contributed by atoms with Crippen LogP contribution in [0.15, 0.2) is 48.5 Å². The van der Waals surface area contributed by atoms with Crippen LogP contribution >= 0.6 is 0 Å². The van der Waals surface area contributed by atoms with Crippen LogP contribution in [0.5, 0.6) is 0 Å². The molecule has 0 spiro atoms. The van der Waals surface area contributed by atoms with Crippen molar-refractivity contribution in [3.8, 4) is 0 Å². The maximum Gasteiger partial charge on any atom is 0.416 e. The average molecular weight is 400 g/mol. The van der Waals surface area contributed by atoms with Gasteiger partial charge < -0.3 is 5.11 Å². The van der Waals surface area contributed by atoms with Crippen molar-refractivity contribution in [3.05, 3.63) is 82.2 Å². The molecule has 3 aromatic rings. The molecule has 0 unspecified atom stereocenters. The largest absolute Gasteiger partial charge is 0.476 e. The molecule has 0 atom stereocenters. The molecule has 29 heavy (non-hydrogen) atoms. The first-order valence-corrected chi connectivity index (χ1v) is 9.16. The fourth-order valence-electron chi connectivity index (χ4n) is 3.22. The first-order valence-electron chi connectivity index (χ1n) is 9.16. The van der Waals surface area contributed by atoms with Gasteiger partial charge in [-0.05, 0) is 54.7 Å². The van der Waals surface area contributed by atoms with Gasteiger partial charge in [0.15, 0.2) is 5.69 Å². The summed E-state index contributed by atoms with van der Waals surface area (Å²) in [5.74, 6) is -1.07. The minimum absolute atomic E-state index is 0.00135. The van der Waals surface area contributed by atoms with Gasteiger partial charge in [0.25, 0.3) is 0 Å². The molecule has 2 aromatic carbocycles. The molecule has 0 aliphatic carbocycles. The van der Waals surface area contributed by atoms with E-state index in [9.17, 15) is 18.0 Å². The summed E-state index contributed by atoms with van der Waals surface area (Å²) >= 11 is 0. The molecule has 0 aliphatic rings. The monoisotopic (exact) mass is 400 g/mol. The van der Waals surface area contributed by atoms with Gasteiger partial charge >= 0.3 is 12.1 Å². The van der Waals surface area contributed by atoms with Gasteiger partial charge in [-0.25, -0.2) is 4.79 Å². The second-order valence-electron chi connectivity index (χ2n) is 7.10. The Hall–Kier alpha value is -3.03. The number of carboxylic acids is 1. The maximum atomic E-state index is 12.7. The number of rotatable bonds is 6. The molecule has 1 aromatic heterocycles. The Balaban J connectivity index is 1.78. The van der Waals surface area contributed by atoms with E-state index >= 15 is 0 Å². The molecule has 0 saturated heterocycles. The van der Waals surface area contributed by atoms with Gasteiger partial charge in [0.05, 0.1) is 12.1 Å². The standard InChI is InChI=1S/C21H20BF3N2O2/c1-13-10-19(20(28)29)26-27(13)12-16-11-18(22)9-6-15(16)5-2-14-3-7-17(8-4-14)21(23,24)25/h3-4,6-11H,2,5,12,22H2,1H3,(H,28,29). The summed E-state index contributed by atoms with van der Waals surface area (Å²) in [7, 11) is 1.97. The van der Waals surface area contributed by atoms with Gasteiger partial charge in [-0.1, -0.05) is 35.8 Å². The van der Waals surface area contributed by atoms with Crippen molar-refractivity contribution in [2.24, 2.45) is 0 Å². The van der Waals surface area contributed by atoms with Gasteiger partial charge in [0.1, 0.15) is 7.85 Å². The first kappa shape index (κ1) is 20.7. The van der Waals surface area contributed by atoms with Crippen molar-refractivity contribution < 1.29 is 23.1 Å². The van der Waals surface area contributed by atoms with E-state index in [0.717, 1.165) is 40.0 Å². The lowest BCUT2D eigenvalue weighted by Gasteiger charge is -2.13. The molecule has 8 heteroatoms. The Morgan fingerprint density at radius 1 is 1.07 bits per heavy atom. The molecule has 0 fully saturated rings. The van der Waals surface area contributed by atoms with E-state index in [2.05, 4.69) is 5.10 Å². The molecular formula is C21H20BF3N2O2. The summed E-state index contributed by atoms with van der Waals surface area (Å²) in [4.78, 5) is 11.1. The molecule has 1 heterocycles. The summed E-state index contributed by atoms with van der Waals surface area (Å²) in [6, 6.07) is 12.8. The van der Waals surface area contributed by atoms with E-state index in [0.29, 0.717) is 19.4 Å². The van der Waals surface area contributed by atoms with Crippen molar-refractivity contribution in [2.45, 2.75) is 32.5 Å². The van der Waals surface area contributed by atoms with E-state index in [1.807, 2.05) is 26.0 Å². The zero-order chi connectivity index (χ0) is 21.2. The second-order valence-corrected chi connectivity index (χ2v) is 7.10. The zero-order valence-corrected chi connectivity index (χ0v) is 16.1. The SMILES string of the molecule is Bc1ccc(CCc2ccc(C(F)(F)F)cc2)c(Cn2nc(C(=O)O)cc2C)c1. The van der Waals surface area contributed by atoms with Crippen LogP contribution in [0.25, 0.3) is 0 Å². The van der Waals surface area contributed by atoms with E-state index in [-0.39, 0.29) is 5.69 Å². The molecule has 0 bridgehead atoms. The lowest BCUT2D eigenvalue weighted by molar-refractivity contribution is -0.137. The van der Waals surface area contributed by atoms with Crippen LogP contribution in [-0.2, 0) is 25.6 Å². The molecule has 0 amide bonds. The Bertz CT molecular complexity index is 1030. The van der Waals surface area contributed by atoms with Crippen LogP contribution in [0.1, 0.15) is 38.4 Å². The van der Waals surface area contributed by atoms with Crippen molar-refractivity contribution in [2.75, 3.05) is 0 Å². The number of nitrogens with zero attached hydrogens (tertiary/aromatic N) is 2. The van der Waals surface area contributed by atoms with Crippen LogP contribution in [0.2, 0.25) is 0 Å². The van der Waals surface area contributed by atoms with Gasteiger partial charge in [0, 0.05) is 5.69 Å². The molecule has 150 valence electrons. The van der Waals surface area contributed by atoms with Crippen molar-refractivity contribution in [1.82, 2.24) is 9.78 Å². The van der Waals surface area contributed by atoms with Crippen LogP contribution in [0, 0.1) is 6.92 Å². The fourth-order valence-corrected chi connectivity index (χ4v) is 3.22. The highest BCUT2D eigenvalue weighted by Gasteiger charge is 2.29. The summed E-state index contributed by atoms with van der Waals surface area (Å²) in [5.41, 5.74) is 4.07. The van der Waals surface area contributed by atoms with Crippen LogP contribution < -0.4 is 5.46 Å². The number of carbonyl (C=O) groups is 1. The molecule has 0 radical (unpaired) electrons. The molecule has 0 saturated carbocycles. The minimum atomic E-state index is -4.33. The molecule has 3 rings (SSSR count). The molecule has 0 aliphatic heterocycles. The molecule has 1 N–H and O–H groups in total. The number of aromatic nitrogens is 2. The summed E-state index contributed by atoms with van der Waals surface area (Å²) in [6.07, 6.45) is -3.07. The normalized spacial score (nSPS) is 11.6. The van der Waals surface area contributed by atoms with E-state index in [4.69, 9.17) is 5.11 Å². The number of aryl methyl sites for hydroxylation is 3. The third-order valence-corrected chi connectivity index (χ3v) is 4.85. The van der Waals surface area contributed by atoms with Crippen LogP contribution in [0.4, 0.5) is 13.2 Å². The third-order valence-electron chi connectivity index (χ3n) is 4.85. The highest BCUT2D eigenvalue weighted by molar-refractivity contribution is 6.32. The number of hydrogen-bond acceptors (Lipinski definition) is 2. The Morgan fingerprint density at radius 3 is 2.34 bits per heavy atom. The van der Waals surface area contributed by atoms with E-state index in [1.165, 1.54) is 18.2 Å². The van der Waals surface area contributed by atoms with Gasteiger partial charge in [-0.15, -0.1) is 0 Å². The minimum Gasteiger partial charge on any atom is -0.476 e. The second kappa shape index (κ2) is 8.15. The predicted octanol–water partition coefficient (Wildman–Crippen LogP) is 3.00. The highest BCUT2D eigenvalue weighted by atomic mass is 19.4. The van der Waals surface area contributed by atoms with Gasteiger partial charge in [-0.3, -0.25) is 4.68 Å². The maximum absolute atomic E-state index is 12.7. The van der Waals surface area contributed by atoms with E-state index < -0.39 is 17.7 Å². The Kier molecular flexibility index (Phi) is 5.82. The number of alkyl halides is 3. The fraction of sp³-hybridized carbons (Fsp3) is 0.238. The van der Waals surface area contributed by atoms with Crippen molar-refractivity contribution >= 4 is 19.3 Å². The highest BCUT2D eigenvalue weighted by Crippen LogP contribution is 2.29. The van der Waals surface area contributed by atoms with Crippen LogP contribution in [0.3, 0.4) is 0 Å². The van der Waals surface area contributed by atoms with Gasteiger partial charge in [0.2, 0.25) is 0 Å². The average Bonchev–Trinajstić information content (AvgIpc) is 3.02. The van der Waals surface area contributed by atoms with E-state index in [1.54, 1.807) is 11.6 Å². The smallest absolute Gasteiger partial charge is 0.416 e. The lowest BCUT2D eigenvalue weighted by Crippen LogP contribution is -2.12. The van der Waals surface area contributed by atoms with Gasteiger partial charge in [-0.2, -0.15) is 18.3 Å². The zero-order valence-electron chi connectivity index (χ0n) is 16.1. The summed E-state index contributed by atoms with van der Waals surface area (Å²) in [6.45, 7) is 2.24. The molecule has 4 nitrogen and oxygen atoms in total. The molecular weight excluding hydrogens is 380 g/mol.